The second-order valence-electron chi connectivity index (χ2n) is 3.84. The maximum Gasteiger partial charge on any atom is 0.124 e. The van der Waals surface area contributed by atoms with Crippen molar-refractivity contribution in [2.75, 3.05) is 0 Å². The van der Waals surface area contributed by atoms with Gasteiger partial charge in [-0.1, -0.05) is 17.3 Å². The van der Waals surface area contributed by atoms with Gasteiger partial charge < -0.3 is 4.52 Å². The van der Waals surface area contributed by atoms with Crippen LogP contribution in [-0.4, -0.2) is 5.16 Å². The first-order valence-corrected chi connectivity index (χ1v) is 7.39. The minimum Gasteiger partial charge on any atom is -0.364 e. The third-order valence-corrected chi connectivity index (χ3v) is 4.51. The highest BCUT2D eigenvalue weighted by Gasteiger charge is 2.15. The van der Waals surface area contributed by atoms with E-state index in [1.54, 1.807) is 28.9 Å². The van der Waals surface area contributed by atoms with Crippen LogP contribution >= 0.6 is 22.7 Å². The summed E-state index contributed by atoms with van der Waals surface area (Å²) in [7, 11) is 0. The maximum atomic E-state index is 4.84. The van der Waals surface area contributed by atoms with Crippen LogP contribution in [0.25, 0.3) is 0 Å². The molecule has 0 fully saturated rings. The Hall–Kier alpha value is -1.43. The zero-order chi connectivity index (χ0) is 12.2. The standard InChI is InChI=1S/C13H12N2OS2/c1-3-11(17-7-1)13(12-4-2-8-18-12)14-9-10-5-6-16-15-10/h1-8,13-14H,9H2. The molecule has 3 aromatic rings. The molecule has 0 aromatic carbocycles. The topological polar surface area (TPSA) is 38.1 Å². The molecule has 0 saturated heterocycles. The molecule has 92 valence electrons. The van der Waals surface area contributed by atoms with E-state index in [2.05, 4.69) is 45.5 Å². The lowest BCUT2D eigenvalue weighted by molar-refractivity contribution is 0.407. The first-order chi connectivity index (χ1) is 8.93. The number of hydrogen-bond donors (Lipinski definition) is 1. The van der Waals surface area contributed by atoms with Gasteiger partial charge in [0.2, 0.25) is 0 Å². The molecule has 3 heterocycles. The van der Waals surface area contributed by atoms with E-state index in [1.807, 2.05) is 6.07 Å². The molecule has 1 N–H and O–H groups in total. The largest absolute Gasteiger partial charge is 0.364 e. The zero-order valence-corrected chi connectivity index (χ0v) is 11.2. The van der Waals surface area contributed by atoms with Gasteiger partial charge in [-0.05, 0) is 22.9 Å². The van der Waals surface area contributed by atoms with Gasteiger partial charge in [-0.15, -0.1) is 22.7 Å². The highest BCUT2D eigenvalue weighted by atomic mass is 32.1. The van der Waals surface area contributed by atoms with Gasteiger partial charge in [0.1, 0.15) is 6.26 Å². The molecule has 0 bridgehead atoms. The minimum absolute atomic E-state index is 0.238. The monoisotopic (exact) mass is 276 g/mol. The molecule has 0 atom stereocenters. The molecule has 18 heavy (non-hydrogen) atoms. The summed E-state index contributed by atoms with van der Waals surface area (Å²) in [5.41, 5.74) is 0.924. The normalized spacial score (nSPS) is 11.2. The van der Waals surface area contributed by atoms with Gasteiger partial charge in [-0.2, -0.15) is 0 Å². The summed E-state index contributed by atoms with van der Waals surface area (Å²) in [6, 6.07) is 10.6. The number of rotatable bonds is 5. The average Bonchev–Trinajstić information content (AvgIpc) is 3.14. The van der Waals surface area contributed by atoms with Crippen LogP contribution in [0.2, 0.25) is 0 Å². The summed E-state index contributed by atoms with van der Waals surface area (Å²) in [4.78, 5) is 2.64. The van der Waals surface area contributed by atoms with E-state index in [1.165, 1.54) is 9.75 Å². The minimum atomic E-state index is 0.238. The molecule has 0 spiro atoms. The van der Waals surface area contributed by atoms with Crippen LogP contribution in [0.5, 0.6) is 0 Å². The van der Waals surface area contributed by atoms with Crippen molar-refractivity contribution in [3.8, 4) is 0 Å². The first kappa shape index (κ1) is 11.6. The molecule has 5 heteroatoms. The lowest BCUT2D eigenvalue weighted by Gasteiger charge is -2.15. The third kappa shape index (κ3) is 2.53. The van der Waals surface area contributed by atoms with E-state index in [0.717, 1.165) is 5.69 Å². The van der Waals surface area contributed by atoms with E-state index in [9.17, 15) is 0 Å². The van der Waals surface area contributed by atoms with Crippen LogP contribution in [0.15, 0.2) is 51.9 Å². The molecule has 0 aliphatic heterocycles. The molecular formula is C13H12N2OS2. The van der Waals surface area contributed by atoms with Crippen LogP contribution in [0.3, 0.4) is 0 Å². The van der Waals surface area contributed by atoms with Crippen molar-refractivity contribution in [2.24, 2.45) is 0 Å². The highest BCUT2D eigenvalue weighted by Crippen LogP contribution is 2.29. The number of nitrogens with one attached hydrogen (secondary N) is 1. The van der Waals surface area contributed by atoms with Gasteiger partial charge >= 0.3 is 0 Å². The van der Waals surface area contributed by atoms with E-state index in [-0.39, 0.29) is 6.04 Å². The molecule has 0 unspecified atom stereocenters. The van der Waals surface area contributed by atoms with Crippen LogP contribution in [0, 0.1) is 0 Å². The Labute approximate surface area is 113 Å². The van der Waals surface area contributed by atoms with Crippen molar-refractivity contribution in [1.82, 2.24) is 10.5 Å². The van der Waals surface area contributed by atoms with Gasteiger partial charge in [0, 0.05) is 22.4 Å². The van der Waals surface area contributed by atoms with Crippen molar-refractivity contribution >= 4 is 22.7 Å². The van der Waals surface area contributed by atoms with Crippen LogP contribution < -0.4 is 5.32 Å². The molecule has 0 saturated carbocycles. The fourth-order valence-electron chi connectivity index (χ4n) is 1.79. The fourth-order valence-corrected chi connectivity index (χ4v) is 3.50. The number of thiophene rings is 2. The average molecular weight is 276 g/mol. The molecular weight excluding hydrogens is 264 g/mol. The van der Waals surface area contributed by atoms with Crippen molar-refractivity contribution in [3.05, 3.63) is 62.8 Å². The first-order valence-electron chi connectivity index (χ1n) is 5.63. The third-order valence-electron chi connectivity index (χ3n) is 2.63. The van der Waals surface area contributed by atoms with Gasteiger partial charge in [-0.3, -0.25) is 5.32 Å². The van der Waals surface area contributed by atoms with Gasteiger partial charge in [0.25, 0.3) is 0 Å². The summed E-state index contributed by atoms with van der Waals surface area (Å²) in [5.74, 6) is 0. The highest BCUT2D eigenvalue weighted by molar-refractivity contribution is 7.11. The van der Waals surface area contributed by atoms with Gasteiger partial charge in [0.15, 0.2) is 0 Å². The lowest BCUT2D eigenvalue weighted by atomic mass is 10.2. The van der Waals surface area contributed by atoms with Crippen LogP contribution in [0.1, 0.15) is 21.5 Å². The lowest BCUT2D eigenvalue weighted by Crippen LogP contribution is -2.20. The van der Waals surface area contributed by atoms with E-state index in [0.29, 0.717) is 6.54 Å². The molecule has 0 aliphatic carbocycles. The zero-order valence-electron chi connectivity index (χ0n) is 9.58. The number of aromatic nitrogens is 1. The fraction of sp³-hybridized carbons (Fsp3) is 0.154. The Kier molecular flexibility index (Phi) is 3.54. The predicted octanol–water partition coefficient (Wildman–Crippen LogP) is 3.68. The summed E-state index contributed by atoms with van der Waals surface area (Å²) in [6.07, 6.45) is 1.60. The maximum absolute atomic E-state index is 4.84. The Morgan fingerprint density at radius 3 is 2.33 bits per heavy atom. The summed E-state index contributed by atoms with van der Waals surface area (Å²) < 4.78 is 4.84. The Bertz CT molecular complexity index is 524. The second-order valence-corrected chi connectivity index (χ2v) is 5.79. The summed E-state index contributed by atoms with van der Waals surface area (Å²) in [6.45, 7) is 0.705. The van der Waals surface area contributed by atoms with Gasteiger partial charge in [0.05, 0.1) is 11.7 Å². The van der Waals surface area contributed by atoms with Crippen molar-refractivity contribution in [3.63, 3.8) is 0 Å². The molecule has 3 rings (SSSR count). The summed E-state index contributed by atoms with van der Waals surface area (Å²) in [5, 5.41) is 11.7. The Morgan fingerprint density at radius 2 is 1.83 bits per heavy atom. The predicted molar refractivity (Wildman–Crippen MR) is 73.8 cm³/mol. The van der Waals surface area contributed by atoms with Crippen molar-refractivity contribution < 1.29 is 4.52 Å². The molecule has 3 aromatic heterocycles. The molecule has 3 nitrogen and oxygen atoms in total. The van der Waals surface area contributed by atoms with Crippen molar-refractivity contribution in [1.29, 1.82) is 0 Å². The number of nitrogens with zero attached hydrogens (tertiary/aromatic N) is 1. The SMILES string of the molecule is c1csc(C(NCc2ccon2)c2cccs2)c1. The van der Waals surface area contributed by atoms with Crippen molar-refractivity contribution in [2.45, 2.75) is 12.6 Å². The second kappa shape index (κ2) is 5.48. The smallest absolute Gasteiger partial charge is 0.124 e. The quantitative estimate of drug-likeness (QED) is 0.772. The molecule has 0 amide bonds. The number of hydrogen-bond acceptors (Lipinski definition) is 5. The Balaban J connectivity index is 1.78. The Morgan fingerprint density at radius 1 is 1.11 bits per heavy atom. The van der Waals surface area contributed by atoms with Crippen LogP contribution in [0.4, 0.5) is 0 Å². The van der Waals surface area contributed by atoms with Gasteiger partial charge in [-0.25, -0.2) is 0 Å². The molecule has 0 aliphatic rings. The van der Waals surface area contributed by atoms with E-state index < -0.39 is 0 Å². The summed E-state index contributed by atoms with van der Waals surface area (Å²) >= 11 is 3.53. The van der Waals surface area contributed by atoms with E-state index >= 15 is 0 Å². The van der Waals surface area contributed by atoms with Crippen LogP contribution in [-0.2, 0) is 6.54 Å². The van der Waals surface area contributed by atoms with E-state index in [4.69, 9.17) is 4.52 Å². The molecule has 0 radical (unpaired) electrons.